The van der Waals surface area contributed by atoms with Crippen molar-refractivity contribution in [2.45, 2.75) is 13.8 Å². The van der Waals surface area contributed by atoms with Crippen LogP contribution in [0.4, 0.5) is 10.1 Å². The van der Waals surface area contributed by atoms with Crippen molar-refractivity contribution >= 4 is 17.4 Å². The summed E-state index contributed by atoms with van der Waals surface area (Å²) in [5, 5.41) is 2.28. The largest absolute Gasteiger partial charge is 0.319 e. The number of benzene rings is 1. The van der Waals surface area contributed by atoms with E-state index in [2.05, 4.69) is 5.32 Å². The summed E-state index contributed by atoms with van der Waals surface area (Å²) in [5.74, 6) is -1.76. The molecule has 4 heteroatoms. The lowest BCUT2D eigenvalue weighted by Gasteiger charge is -2.03. The molecule has 14 heavy (non-hydrogen) atoms. The molecule has 0 atom stereocenters. The van der Waals surface area contributed by atoms with Gasteiger partial charge in [0.25, 0.3) is 5.91 Å². The first kappa shape index (κ1) is 10.4. The Hall–Kier alpha value is -1.71. The van der Waals surface area contributed by atoms with Crippen LogP contribution in [0.3, 0.4) is 0 Å². The fourth-order valence-electron chi connectivity index (χ4n) is 0.890. The average molecular weight is 197 g/mol. The number of nitrogens with one attached hydrogen (secondary N) is 1. The molecule has 0 spiro atoms. The van der Waals surface area contributed by atoms with Gasteiger partial charge in [-0.3, -0.25) is 9.59 Å². The number of rotatable bonds is 2. The van der Waals surface area contributed by atoms with E-state index in [1.165, 1.54) is 12.1 Å². The fraction of sp³-hybridized carbons (Fsp3) is 0.200. The molecule has 0 aliphatic heterocycles. The van der Waals surface area contributed by atoms with Crippen molar-refractivity contribution in [3.8, 4) is 0 Å². The first-order chi connectivity index (χ1) is 6.50. The van der Waals surface area contributed by atoms with Crippen LogP contribution in [-0.4, -0.2) is 11.7 Å². The summed E-state index contributed by atoms with van der Waals surface area (Å²) in [7, 11) is 0. The summed E-state index contributed by atoms with van der Waals surface area (Å²) in [6.07, 6.45) is 0. The minimum atomic E-state index is -0.742. The van der Waals surface area contributed by atoms with Gasteiger partial charge in [0.2, 0.25) is 5.78 Å². The molecule has 0 aliphatic carbocycles. The third kappa shape index (κ3) is 2.39. The van der Waals surface area contributed by atoms with Crippen LogP contribution in [0, 0.1) is 12.7 Å². The van der Waals surface area contributed by atoms with Gasteiger partial charge >= 0.3 is 0 Å². The van der Waals surface area contributed by atoms with Gasteiger partial charge in [-0.2, -0.15) is 0 Å². The van der Waals surface area contributed by atoms with E-state index in [0.29, 0.717) is 5.56 Å². The molecule has 0 heterocycles. The van der Waals surface area contributed by atoms with E-state index in [-0.39, 0.29) is 7.11 Å². The minimum Gasteiger partial charge on any atom is -0.319 e. The Balaban J connectivity index is 0.00000196. The number of aryl methyl sites for hydroxylation is 1. The average Bonchev–Trinajstić information content (AvgIpc) is 2.11. The highest BCUT2D eigenvalue weighted by Crippen LogP contribution is 2.13. The van der Waals surface area contributed by atoms with Gasteiger partial charge in [-0.15, -0.1) is 0 Å². The van der Waals surface area contributed by atoms with Crippen LogP contribution < -0.4 is 5.32 Å². The van der Waals surface area contributed by atoms with Crippen molar-refractivity contribution < 1.29 is 15.4 Å². The number of halogens is 1. The summed E-state index contributed by atoms with van der Waals surface area (Å²) >= 11 is 0. The lowest BCUT2D eigenvalue weighted by Crippen LogP contribution is -2.19. The molecule has 0 unspecified atom stereocenters. The second kappa shape index (κ2) is 4.00. The highest BCUT2D eigenvalue weighted by Gasteiger charge is 2.08. The SMILES string of the molecule is CC(=O)C(=O)Nc1ccc(C)c(F)c1.[HH]. The number of anilines is 1. The lowest BCUT2D eigenvalue weighted by atomic mass is 10.2. The van der Waals surface area contributed by atoms with Gasteiger partial charge in [-0.05, 0) is 24.6 Å². The highest BCUT2D eigenvalue weighted by molar-refractivity contribution is 6.39. The Morgan fingerprint density at radius 1 is 1.43 bits per heavy atom. The van der Waals surface area contributed by atoms with Crippen molar-refractivity contribution in [1.29, 1.82) is 0 Å². The quantitative estimate of drug-likeness (QED) is 0.736. The van der Waals surface area contributed by atoms with Gasteiger partial charge in [0.1, 0.15) is 5.82 Å². The molecule has 0 fully saturated rings. The predicted octanol–water partition coefficient (Wildman–Crippen LogP) is 1.91. The van der Waals surface area contributed by atoms with Crippen LogP contribution >= 0.6 is 0 Å². The Bertz CT molecular complexity index is 393. The van der Waals surface area contributed by atoms with Crippen molar-refractivity contribution in [3.63, 3.8) is 0 Å². The van der Waals surface area contributed by atoms with Crippen LogP contribution in [0.15, 0.2) is 18.2 Å². The topological polar surface area (TPSA) is 46.2 Å². The number of ketones is 1. The van der Waals surface area contributed by atoms with E-state index in [1.54, 1.807) is 13.0 Å². The van der Waals surface area contributed by atoms with Crippen LogP contribution in [0.25, 0.3) is 0 Å². The Kier molecular flexibility index (Phi) is 2.96. The van der Waals surface area contributed by atoms with Gasteiger partial charge in [0, 0.05) is 14.0 Å². The normalized spacial score (nSPS) is 9.64. The Morgan fingerprint density at radius 3 is 2.57 bits per heavy atom. The van der Waals surface area contributed by atoms with Crippen molar-refractivity contribution in [2.75, 3.05) is 5.32 Å². The summed E-state index contributed by atoms with van der Waals surface area (Å²) in [4.78, 5) is 21.5. The molecule has 1 N–H and O–H groups in total. The standard InChI is InChI=1S/C10H10FNO2.H2/c1-6-3-4-8(5-9(6)11)12-10(14)7(2)13;/h3-5H,1-2H3,(H,12,14);1H. The van der Waals surface area contributed by atoms with Crippen LogP contribution in [0.2, 0.25) is 0 Å². The number of Topliss-reactive ketones (excluding diaryl/α,β-unsaturated/α-hetero) is 1. The molecule has 1 amide bonds. The monoisotopic (exact) mass is 197 g/mol. The molecule has 0 aromatic heterocycles. The number of carbonyl (C=O) groups is 2. The second-order valence-corrected chi connectivity index (χ2v) is 2.97. The maximum Gasteiger partial charge on any atom is 0.291 e. The zero-order chi connectivity index (χ0) is 10.7. The van der Waals surface area contributed by atoms with Crippen molar-refractivity contribution in [2.24, 2.45) is 0 Å². The Morgan fingerprint density at radius 2 is 2.07 bits per heavy atom. The van der Waals surface area contributed by atoms with E-state index in [9.17, 15) is 14.0 Å². The van der Waals surface area contributed by atoms with Crippen molar-refractivity contribution in [1.82, 2.24) is 0 Å². The lowest BCUT2D eigenvalue weighted by molar-refractivity contribution is -0.133. The highest BCUT2D eigenvalue weighted by atomic mass is 19.1. The molecule has 1 rings (SSSR count). The number of hydrogen-bond acceptors (Lipinski definition) is 2. The molecule has 0 aliphatic rings. The predicted molar refractivity (Wildman–Crippen MR) is 52.6 cm³/mol. The molecule has 0 saturated carbocycles. The summed E-state index contributed by atoms with van der Waals surface area (Å²) in [6.45, 7) is 2.77. The Labute approximate surface area is 82.4 Å². The molecule has 1 aromatic rings. The molecular weight excluding hydrogens is 185 g/mol. The van der Waals surface area contributed by atoms with Gasteiger partial charge in [0.15, 0.2) is 0 Å². The van der Waals surface area contributed by atoms with Gasteiger partial charge in [-0.1, -0.05) is 6.07 Å². The maximum atomic E-state index is 13.0. The van der Waals surface area contributed by atoms with Crippen LogP contribution in [-0.2, 0) is 9.59 Å². The first-order valence-electron chi connectivity index (χ1n) is 4.09. The summed E-state index contributed by atoms with van der Waals surface area (Å²) in [5.41, 5.74) is 0.777. The summed E-state index contributed by atoms with van der Waals surface area (Å²) < 4.78 is 13.0. The van der Waals surface area contributed by atoms with Crippen molar-refractivity contribution in [3.05, 3.63) is 29.6 Å². The van der Waals surface area contributed by atoms with Gasteiger partial charge in [0.05, 0.1) is 0 Å². The van der Waals surface area contributed by atoms with Crippen LogP contribution in [0.1, 0.15) is 13.9 Å². The van der Waals surface area contributed by atoms with Gasteiger partial charge < -0.3 is 5.32 Å². The third-order valence-electron chi connectivity index (χ3n) is 1.75. The minimum absolute atomic E-state index is 0. The maximum absolute atomic E-state index is 13.0. The number of hydrogen-bond donors (Lipinski definition) is 1. The number of amides is 1. The van der Waals surface area contributed by atoms with Crippen LogP contribution in [0.5, 0.6) is 0 Å². The fourth-order valence-corrected chi connectivity index (χ4v) is 0.890. The smallest absolute Gasteiger partial charge is 0.291 e. The zero-order valence-corrected chi connectivity index (χ0v) is 7.93. The molecule has 0 saturated heterocycles. The van der Waals surface area contributed by atoms with Gasteiger partial charge in [-0.25, -0.2) is 4.39 Å². The van der Waals surface area contributed by atoms with E-state index >= 15 is 0 Å². The van der Waals surface area contributed by atoms with E-state index in [4.69, 9.17) is 0 Å². The molecule has 0 radical (unpaired) electrons. The first-order valence-corrected chi connectivity index (χ1v) is 4.09. The second-order valence-electron chi connectivity index (χ2n) is 2.97. The van der Waals surface area contributed by atoms with E-state index < -0.39 is 17.5 Å². The van der Waals surface area contributed by atoms with E-state index in [1.807, 2.05) is 0 Å². The zero-order valence-electron chi connectivity index (χ0n) is 7.93. The summed E-state index contributed by atoms with van der Waals surface area (Å²) in [6, 6.07) is 4.25. The molecule has 0 bridgehead atoms. The molecular formula is C10H12FNO2. The third-order valence-corrected chi connectivity index (χ3v) is 1.75. The van der Waals surface area contributed by atoms with E-state index in [0.717, 1.165) is 6.92 Å². The molecule has 3 nitrogen and oxygen atoms in total. The number of carbonyl (C=O) groups excluding carboxylic acids is 2. The molecule has 76 valence electrons. The molecule has 1 aromatic carbocycles.